The van der Waals surface area contributed by atoms with Gasteiger partial charge in [-0.3, -0.25) is 0 Å². The van der Waals surface area contributed by atoms with Gasteiger partial charge >= 0.3 is 0 Å². The predicted molar refractivity (Wildman–Crippen MR) is 61.2 cm³/mol. The standard InChI is InChI=1S/C12H11F2N3/c1-2-12-16-10(6-11(15)17-12)8-4-3-7(13)5-9(8)14/h3-6H,2H2,1H3,(H2,15,16,17). The maximum atomic E-state index is 13.6. The third-order valence-corrected chi connectivity index (χ3v) is 2.32. The maximum absolute atomic E-state index is 13.6. The quantitative estimate of drug-likeness (QED) is 0.870. The van der Waals surface area contributed by atoms with E-state index < -0.39 is 11.6 Å². The number of hydrogen-bond donors (Lipinski definition) is 1. The van der Waals surface area contributed by atoms with E-state index in [9.17, 15) is 8.78 Å². The van der Waals surface area contributed by atoms with Gasteiger partial charge in [-0.05, 0) is 12.1 Å². The highest BCUT2D eigenvalue weighted by molar-refractivity contribution is 5.62. The van der Waals surface area contributed by atoms with Gasteiger partial charge in [0.15, 0.2) is 0 Å². The first kappa shape index (κ1) is 11.4. The normalized spacial score (nSPS) is 10.5. The van der Waals surface area contributed by atoms with Gasteiger partial charge in [-0.25, -0.2) is 18.7 Å². The largest absolute Gasteiger partial charge is 0.384 e. The highest BCUT2D eigenvalue weighted by Gasteiger charge is 2.09. The zero-order valence-electron chi connectivity index (χ0n) is 9.24. The molecule has 1 aromatic carbocycles. The number of nitrogen functional groups attached to an aromatic ring is 1. The van der Waals surface area contributed by atoms with E-state index in [2.05, 4.69) is 9.97 Å². The van der Waals surface area contributed by atoms with Gasteiger partial charge in [0.1, 0.15) is 23.3 Å². The molecule has 0 radical (unpaired) electrons. The molecule has 0 bridgehead atoms. The van der Waals surface area contributed by atoms with Crippen molar-refractivity contribution in [1.82, 2.24) is 9.97 Å². The lowest BCUT2D eigenvalue weighted by Crippen LogP contribution is -2.01. The fourth-order valence-electron chi connectivity index (χ4n) is 1.51. The van der Waals surface area contributed by atoms with Crippen LogP contribution in [0.15, 0.2) is 24.3 Å². The number of hydrogen-bond acceptors (Lipinski definition) is 3. The van der Waals surface area contributed by atoms with Crippen molar-refractivity contribution in [2.75, 3.05) is 5.73 Å². The van der Waals surface area contributed by atoms with Crippen molar-refractivity contribution in [2.45, 2.75) is 13.3 Å². The molecule has 2 N–H and O–H groups in total. The van der Waals surface area contributed by atoms with Gasteiger partial charge in [-0.15, -0.1) is 0 Å². The molecule has 0 atom stereocenters. The number of benzene rings is 1. The van der Waals surface area contributed by atoms with Crippen molar-refractivity contribution < 1.29 is 8.78 Å². The number of nitrogens with zero attached hydrogens (tertiary/aromatic N) is 2. The van der Waals surface area contributed by atoms with Crippen molar-refractivity contribution in [3.8, 4) is 11.3 Å². The van der Waals surface area contributed by atoms with Gasteiger partial charge in [0.25, 0.3) is 0 Å². The van der Waals surface area contributed by atoms with Crippen molar-refractivity contribution >= 4 is 5.82 Å². The van der Waals surface area contributed by atoms with Crippen LogP contribution >= 0.6 is 0 Å². The first-order chi connectivity index (χ1) is 8.10. The Kier molecular flexibility index (Phi) is 2.99. The van der Waals surface area contributed by atoms with E-state index >= 15 is 0 Å². The molecule has 3 nitrogen and oxygen atoms in total. The van der Waals surface area contributed by atoms with Crippen molar-refractivity contribution in [3.05, 3.63) is 41.7 Å². The van der Waals surface area contributed by atoms with Crippen LogP contribution in [0.4, 0.5) is 14.6 Å². The van der Waals surface area contributed by atoms with Crippen LogP contribution in [0.5, 0.6) is 0 Å². The fraction of sp³-hybridized carbons (Fsp3) is 0.167. The molecule has 17 heavy (non-hydrogen) atoms. The smallest absolute Gasteiger partial charge is 0.135 e. The summed E-state index contributed by atoms with van der Waals surface area (Å²) < 4.78 is 26.4. The van der Waals surface area contributed by atoms with Crippen LogP contribution < -0.4 is 5.73 Å². The molecule has 1 heterocycles. The van der Waals surface area contributed by atoms with Crippen LogP contribution in [-0.4, -0.2) is 9.97 Å². The molecule has 0 aliphatic heterocycles. The van der Waals surface area contributed by atoms with Crippen LogP contribution in [0.25, 0.3) is 11.3 Å². The fourth-order valence-corrected chi connectivity index (χ4v) is 1.51. The van der Waals surface area contributed by atoms with E-state index in [1.54, 1.807) is 0 Å². The number of rotatable bonds is 2. The van der Waals surface area contributed by atoms with E-state index in [-0.39, 0.29) is 11.4 Å². The number of halogens is 2. The summed E-state index contributed by atoms with van der Waals surface area (Å²) in [6.45, 7) is 1.87. The van der Waals surface area contributed by atoms with Crippen molar-refractivity contribution in [3.63, 3.8) is 0 Å². The highest BCUT2D eigenvalue weighted by atomic mass is 19.1. The van der Waals surface area contributed by atoms with E-state index in [1.807, 2.05) is 6.92 Å². The Bertz CT molecular complexity index is 555. The monoisotopic (exact) mass is 235 g/mol. The molecule has 2 aromatic rings. The lowest BCUT2D eigenvalue weighted by atomic mass is 10.1. The molecule has 0 unspecified atom stereocenters. The number of aromatic nitrogens is 2. The Morgan fingerprint density at radius 3 is 2.59 bits per heavy atom. The summed E-state index contributed by atoms with van der Waals surface area (Å²) in [6.07, 6.45) is 0.598. The first-order valence-electron chi connectivity index (χ1n) is 5.19. The second-order valence-corrected chi connectivity index (χ2v) is 3.57. The molecule has 0 aliphatic carbocycles. The molecule has 0 saturated heterocycles. The molecule has 0 saturated carbocycles. The summed E-state index contributed by atoms with van der Waals surface area (Å²) in [5, 5.41) is 0. The zero-order valence-corrected chi connectivity index (χ0v) is 9.24. The van der Waals surface area contributed by atoms with E-state index in [4.69, 9.17) is 5.73 Å². The molecule has 0 spiro atoms. The maximum Gasteiger partial charge on any atom is 0.135 e. The topological polar surface area (TPSA) is 51.8 Å². The van der Waals surface area contributed by atoms with Crippen LogP contribution in [0.1, 0.15) is 12.7 Å². The SMILES string of the molecule is CCc1nc(N)cc(-c2ccc(F)cc2F)n1. The second-order valence-electron chi connectivity index (χ2n) is 3.57. The van der Waals surface area contributed by atoms with Gasteiger partial charge in [-0.2, -0.15) is 0 Å². The van der Waals surface area contributed by atoms with Gasteiger partial charge < -0.3 is 5.73 Å². The lowest BCUT2D eigenvalue weighted by Gasteiger charge is -2.05. The summed E-state index contributed by atoms with van der Waals surface area (Å²) in [4.78, 5) is 8.15. The van der Waals surface area contributed by atoms with Gasteiger partial charge in [-0.1, -0.05) is 6.92 Å². The van der Waals surface area contributed by atoms with Gasteiger partial charge in [0.05, 0.1) is 5.69 Å². The van der Waals surface area contributed by atoms with E-state index in [1.165, 1.54) is 18.2 Å². The molecule has 5 heteroatoms. The molecule has 0 aliphatic rings. The predicted octanol–water partition coefficient (Wildman–Crippen LogP) is 2.57. The molecule has 2 rings (SSSR count). The Hall–Kier alpha value is -2.04. The highest BCUT2D eigenvalue weighted by Crippen LogP contribution is 2.22. The summed E-state index contributed by atoms with van der Waals surface area (Å²) in [5.41, 5.74) is 6.19. The van der Waals surface area contributed by atoms with Crippen LogP contribution in [0.2, 0.25) is 0 Å². The third-order valence-electron chi connectivity index (χ3n) is 2.32. The van der Waals surface area contributed by atoms with Crippen LogP contribution in [0, 0.1) is 11.6 Å². The molecule has 0 amide bonds. The summed E-state index contributed by atoms with van der Waals surface area (Å²) >= 11 is 0. The van der Waals surface area contributed by atoms with Crippen LogP contribution in [-0.2, 0) is 6.42 Å². The van der Waals surface area contributed by atoms with E-state index in [0.29, 0.717) is 17.9 Å². The summed E-state index contributed by atoms with van der Waals surface area (Å²) in [7, 11) is 0. The second kappa shape index (κ2) is 4.45. The number of aryl methyl sites for hydroxylation is 1. The third kappa shape index (κ3) is 2.38. The Labute approximate surface area is 97.3 Å². The van der Waals surface area contributed by atoms with Gasteiger partial charge in [0.2, 0.25) is 0 Å². The summed E-state index contributed by atoms with van der Waals surface area (Å²) in [6, 6.07) is 4.81. The first-order valence-corrected chi connectivity index (χ1v) is 5.19. The number of anilines is 1. The zero-order chi connectivity index (χ0) is 12.4. The lowest BCUT2D eigenvalue weighted by molar-refractivity contribution is 0.585. The Balaban J connectivity index is 2.55. The molecular weight excluding hydrogens is 224 g/mol. The Morgan fingerprint density at radius 1 is 1.18 bits per heavy atom. The van der Waals surface area contributed by atoms with Crippen molar-refractivity contribution in [2.24, 2.45) is 0 Å². The minimum absolute atomic E-state index is 0.218. The average molecular weight is 235 g/mol. The van der Waals surface area contributed by atoms with E-state index in [0.717, 1.165) is 6.07 Å². The number of nitrogens with two attached hydrogens (primary N) is 1. The van der Waals surface area contributed by atoms with Crippen LogP contribution in [0.3, 0.4) is 0 Å². The van der Waals surface area contributed by atoms with Gasteiger partial charge in [0, 0.05) is 24.1 Å². The molecule has 1 aromatic heterocycles. The average Bonchev–Trinajstić information content (AvgIpc) is 2.28. The minimum Gasteiger partial charge on any atom is -0.384 e. The Morgan fingerprint density at radius 2 is 1.94 bits per heavy atom. The van der Waals surface area contributed by atoms with Crippen molar-refractivity contribution in [1.29, 1.82) is 0 Å². The molecular formula is C12H11F2N3. The molecule has 0 fully saturated rings. The minimum atomic E-state index is -0.662. The molecule has 88 valence electrons. The summed E-state index contributed by atoms with van der Waals surface area (Å²) in [5.74, 6) is -0.478.